The quantitative estimate of drug-likeness (QED) is 0.438. The van der Waals surface area contributed by atoms with Gasteiger partial charge in [0.25, 0.3) is 0 Å². The largest absolute Gasteiger partial charge is 0.494 e. The number of ether oxygens (including phenoxy) is 2. The fourth-order valence-electron chi connectivity index (χ4n) is 3.31. The monoisotopic (exact) mass is 454 g/mol. The van der Waals surface area contributed by atoms with Crippen molar-refractivity contribution in [2.24, 2.45) is 0 Å². The predicted octanol–water partition coefficient (Wildman–Crippen LogP) is 4.49. The van der Waals surface area contributed by atoms with Gasteiger partial charge in [-0.2, -0.15) is 0 Å². The molecule has 0 saturated heterocycles. The minimum absolute atomic E-state index is 0.165. The molecule has 0 saturated carbocycles. The standard InChI is InChI=1S/C25H31FN4O3/c1-3-32-22-11-9-21(10-12-22)17-30(15-6-14-29-16-13-27-19-29)25(31)28-20(2)18-33-24-8-5-4-7-23(24)26/h4-5,7-13,16,19-20H,3,6,14-15,17-18H2,1-2H3,(H,28,31). The Morgan fingerprint density at radius 3 is 2.67 bits per heavy atom. The van der Waals surface area contributed by atoms with Crippen molar-refractivity contribution in [2.75, 3.05) is 19.8 Å². The highest BCUT2D eigenvalue weighted by atomic mass is 19.1. The number of hydrogen-bond acceptors (Lipinski definition) is 4. The fraction of sp³-hybridized carbons (Fsp3) is 0.360. The smallest absolute Gasteiger partial charge is 0.318 e. The maximum Gasteiger partial charge on any atom is 0.318 e. The number of imidazole rings is 1. The fourth-order valence-corrected chi connectivity index (χ4v) is 3.31. The summed E-state index contributed by atoms with van der Waals surface area (Å²) in [6, 6.07) is 13.5. The minimum atomic E-state index is -0.423. The molecule has 0 aliphatic heterocycles. The Bertz CT molecular complexity index is 980. The third-order valence-electron chi connectivity index (χ3n) is 4.99. The molecule has 33 heavy (non-hydrogen) atoms. The molecule has 1 N–H and O–H groups in total. The van der Waals surface area contributed by atoms with E-state index in [1.165, 1.54) is 6.07 Å². The Labute approximate surface area is 194 Å². The average molecular weight is 455 g/mol. The highest BCUT2D eigenvalue weighted by Gasteiger charge is 2.17. The zero-order chi connectivity index (χ0) is 23.5. The first-order chi connectivity index (χ1) is 16.0. The second-order valence-corrected chi connectivity index (χ2v) is 7.74. The van der Waals surface area contributed by atoms with E-state index in [9.17, 15) is 9.18 Å². The first kappa shape index (κ1) is 24.1. The number of nitrogens with zero attached hydrogens (tertiary/aromatic N) is 3. The Morgan fingerprint density at radius 2 is 1.97 bits per heavy atom. The Morgan fingerprint density at radius 1 is 1.18 bits per heavy atom. The molecular formula is C25H31FN4O3. The normalized spacial score (nSPS) is 11.6. The summed E-state index contributed by atoms with van der Waals surface area (Å²) in [5.74, 6) is 0.550. The van der Waals surface area contributed by atoms with Crippen LogP contribution in [-0.2, 0) is 13.1 Å². The molecule has 1 aromatic heterocycles. The number of aromatic nitrogens is 2. The molecule has 2 aromatic carbocycles. The number of aryl methyl sites for hydroxylation is 1. The summed E-state index contributed by atoms with van der Waals surface area (Å²) in [5.41, 5.74) is 1.01. The van der Waals surface area contributed by atoms with Crippen LogP contribution in [0.25, 0.3) is 0 Å². The minimum Gasteiger partial charge on any atom is -0.494 e. The zero-order valence-corrected chi connectivity index (χ0v) is 19.1. The number of hydrogen-bond donors (Lipinski definition) is 1. The zero-order valence-electron chi connectivity index (χ0n) is 19.1. The molecule has 0 fully saturated rings. The number of carbonyl (C=O) groups is 1. The van der Waals surface area contributed by atoms with E-state index >= 15 is 0 Å². The van der Waals surface area contributed by atoms with Gasteiger partial charge in [0, 0.05) is 32.0 Å². The highest BCUT2D eigenvalue weighted by molar-refractivity contribution is 5.74. The molecule has 0 radical (unpaired) electrons. The lowest BCUT2D eigenvalue weighted by Crippen LogP contribution is -2.46. The van der Waals surface area contributed by atoms with Crippen LogP contribution >= 0.6 is 0 Å². The second kappa shape index (κ2) is 12.5. The average Bonchev–Trinajstić information content (AvgIpc) is 3.33. The SMILES string of the molecule is CCOc1ccc(CN(CCCn2ccnc2)C(=O)NC(C)COc2ccccc2F)cc1. The summed E-state index contributed by atoms with van der Waals surface area (Å²) in [4.78, 5) is 18.9. The highest BCUT2D eigenvalue weighted by Crippen LogP contribution is 2.16. The molecule has 3 rings (SSSR count). The molecule has 7 nitrogen and oxygen atoms in total. The van der Waals surface area contributed by atoms with Gasteiger partial charge in [0.2, 0.25) is 0 Å². The number of carbonyl (C=O) groups excluding carboxylic acids is 1. The van der Waals surface area contributed by atoms with Crippen LogP contribution in [0.15, 0.2) is 67.3 Å². The van der Waals surface area contributed by atoms with E-state index in [-0.39, 0.29) is 24.4 Å². The van der Waals surface area contributed by atoms with Gasteiger partial charge in [-0.3, -0.25) is 0 Å². The van der Waals surface area contributed by atoms with Crippen molar-refractivity contribution in [3.8, 4) is 11.5 Å². The van der Waals surface area contributed by atoms with E-state index in [0.29, 0.717) is 19.7 Å². The summed E-state index contributed by atoms with van der Waals surface area (Å²) >= 11 is 0. The molecule has 0 bridgehead atoms. The van der Waals surface area contributed by atoms with Crippen LogP contribution < -0.4 is 14.8 Å². The molecule has 2 amide bonds. The van der Waals surface area contributed by atoms with E-state index < -0.39 is 5.82 Å². The second-order valence-electron chi connectivity index (χ2n) is 7.74. The molecular weight excluding hydrogens is 423 g/mol. The first-order valence-corrected chi connectivity index (χ1v) is 11.2. The predicted molar refractivity (Wildman–Crippen MR) is 125 cm³/mol. The Kier molecular flexibility index (Phi) is 9.11. The Balaban J connectivity index is 1.58. The van der Waals surface area contributed by atoms with E-state index in [2.05, 4.69) is 10.3 Å². The lowest BCUT2D eigenvalue weighted by atomic mass is 10.2. The number of amides is 2. The van der Waals surface area contributed by atoms with Gasteiger partial charge in [0.1, 0.15) is 12.4 Å². The third kappa shape index (κ3) is 7.82. The molecule has 0 aliphatic carbocycles. The van der Waals surface area contributed by atoms with Crippen molar-refractivity contribution in [3.63, 3.8) is 0 Å². The van der Waals surface area contributed by atoms with Crippen molar-refractivity contribution in [2.45, 2.75) is 39.4 Å². The summed E-state index contributed by atoms with van der Waals surface area (Å²) in [5, 5.41) is 2.96. The third-order valence-corrected chi connectivity index (χ3v) is 4.99. The van der Waals surface area contributed by atoms with Crippen LogP contribution in [0.3, 0.4) is 0 Å². The number of rotatable bonds is 12. The maximum atomic E-state index is 13.8. The maximum absolute atomic E-state index is 13.8. The summed E-state index contributed by atoms with van der Waals surface area (Å²) in [7, 11) is 0. The van der Waals surface area contributed by atoms with Gasteiger partial charge in [-0.05, 0) is 50.1 Å². The van der Waals surface area contributed by atoms with Gasteiger partial charge < -0.3 is 24.3 Å². The summed E-state index contributed by atoms with van der Waals surface area (Å²) < 4.78 is 26.8. The van der Waals surface area contributed by atoms with E-state index in [4.69, 9.17) is 9.47 Å². The van der Waals surface area contributed by atoms with Crippen LogP contribution in [0.5, 0.6) is 11.5 Å². The summed E-state index contributed by atoms with van der Waals surface area (Å²) in [6.45, 7) is 6.34. The van der Waals surface area contributed by atoms with E-state index in [1.54, 1.807) is 35.6 Å². The van der Waals surface area contributed by atoms with Crippen LogP contribution in [-0.4, -0.2) is 46.3 Å². The first-order valence-electron chi connectivity index (χ1n) is 11.2. The van der Waals surface area contributed by atoms with E-state index in [0.717, 1.165) is 24.3 Å². The lowest BCUT2D eigenvalue weighted by molar-refractivity contribution is 0.182. The van der Waals surface area contributed by atoms with Gasteiger partial charge in [-0.25, -0.2) is 14.2 Å². The topological polar surface area (TPSA) is 68.6 Å². The van der Waals surface area contributed by atoms with Crippen LogP contribution in [0, 0.1) is 5.82 Å². The molecule has 0 spiro atoms. The van der Waals surface area contributed by atoms with Gasteiger partial charge in [-0.15, -0.1) is 0 Å². The molecule has 1 atom stereocenters. The lowest BCUT2D eigenvalue weighted by Gasteiger charge is -2.26. The van der Waals surface area contributed by atoms with Crippen molar-refractivity contribution in [1.82, 2.24) is 19.8 Å². The number of para-hydroxylation sites is 1. The van der Waals surface area contributed by atoms with Crippen molar-refractivity contribution < 1.29 is 18.7 Å². The van der Waals surface area contributed by atoms with Gasteiger partial charge in [0.05, 0.1) is 19.0 Å². The molecule has 3 aromatic rings. The van der Waals surface area contributed by atoms with Crippen LogP contribution in [0.1, 0.15) is 25.8 Å². The molecule has 1 unspecified atom stereocenters. The van der Waals surface area contributed by atoms with Crippen molar-refractivity contribution >= 4 is 6.03 Å². The number of nitrogens with one attached hydrogen (secondary N) is 1. The molecule has 176 valence electrons. The van der Waals surface area contributed by atoms with Gasteiger partial charge >= 0.3 is 6.03 Å². The van der Waals surface area contributed by atoms with Crippen molar-refractivity contribution in [1.29, 1.82) is 0 Å². The van der Waals surface area contributed by atoms with E-state index in [1.807, 2.05) is 48.9 Å². The van der Waals surface area contributed by atoms with Gasteiger partial charge in [-0.1, -0.05) is 24.3 Å². The molecule has 1 heterocycles. The number of urea groups is 1. The number of benzene rings is 2. The molecule has 8 heteroatoms. The number of halogens is 1. The van der Waals surface area contributed by atoms with Crippen LogP contribution in [0.2, 0.25) is 0 Å². The van der Waals surface area contributed by atoms with Crippen molar-refractivity contribution in [3.05, 3.63) is 78.6 Å². The molecule has 0 aliphatic rings. The van der Waals surface area contributed by atoms with Crippen LogP contribution in [0.4, 0.5) is 9.18 Å². The summed E-state index contributed by atoms with van der Waals surface area (Å²) in [6.07, 6.45) is 6.18. The Hall–Kier alpha value is -3.55. The van der Waals surface area contributed by atoms with Gasteiger partial charge in [0.15, 0.2) is 11.6 Å².